The van der Waals surface area contributed by atoms with E-state index >= 15 is 0 Å². The summed E-state index contributed by atoms with van der Waals surface area (Å²) in [6.07, 6.45) is 3.09. The molecule has 1 aromatic rings. The molecule has 0 bridgehead atoms. The number of halogens is 1. The van der Waals surface area contributed by atoms with Crippen molar-refractivity contribution < 1.29 is 9.53 Å². The molecule has 0 N–H and O–H groups in total. The van der Waals surface area contributed by atoms with Crippen molar-refractivity contribution in [3.63, 3.8) is 0 Å². The monoisotopic (exact) mass is 341 g/mol. The topological polar surface area (TPSA) is 29.5 Å². The Morgan fingerprint density at radius 3 is 2.60 bits per heavy atom. The maximum atomic E-state index is 12.7. The summed E-state index contributed by atoms with van der Waals surface area (Å²) in [5.74, 6) is 0.835. The molecule has 0 aliphatic heterocycles. The molecule has 0 saturated heterocycles. The lowest BCUT2D eigenvalue weighted by molar-refractivity contribution is 0.0685. The molecule has 0 fully saturated rings. The van der Waals surface area contributed by atoms with Gasteiger partial charge in [0.25, 0.3) is 5.91 Å². The Hall–Kier alpha value is -1.03. The second-order valence-corrected chi connectivity index (χ2v) is 5.81. The van der Waals surface area contributed by atoms with E-state index in [0.29, 0.717) is 5.56 Å². The molecule has 0 spiro atoms. The van der Waals surface area contributed by atoms with Crippen LogP contribution in [-0.4, -0.2) is 30.5 Å². The van der Waals surface area contributed by atoms with Gasteiger partial charge in [0, 0.05) is 18.2 Å². The van der Waals surface area contributed by atoms with E-state index in [1.165, 1.54) is 0 Å². The van der Waals surface area contributed by atoms with Gasteiger partial charge in [0.15, 0.2) is 0 Å². The van der Waals surface area contributed by atoms with E-state index < -0.39 is 0 Å². The first kappa shape index (κ1) is 17.0. The summed E-state index contributed by atoms with van der Waals surface area (Å²) in [7, 11) is 1.62. The Morgan fingerprint density at radius 1 is 1.40 bits per heavy atom. The highest BCUT2D eigenvalue weighted by molar-refractivity contribution is 9.10. The Kier molecular flexibility index (Phi) is 7.06. The zero-order valence-electron chi connectivity index (χ0n) is 12.8. The molecule has 0 radical (unpaired) electrons. The summed E-state index contributed by atoms with van der Waals surface area (Å²) >= 11 is 3.44. The first-order valence-corrected chi connectivity index (χ1v) is 7.98. The summed E-state index contributed by atoms with van der Waals surface area (Å²) in [5.41, 5.74) is 0.703. The van der Waals surface area contributed by atoms with Crippen LogP contribution in [0, 0.1) is 0 Å². The summed E-state index contributed by atoms with van der Waals surface area (Å²) in [4.78, 5) is 14.6. The fraction of sp³-hybridized carbons (Fsp3) is 0.562. The van der Waals surface area contributed by atoms with Gasteiger partial charge < -0.3 is 9.64 Å². The van der Waals surface area contributed by atoms with Crippen LogP contribution in [-0.2, 0) is 0 Å². The summed E-state index contributed by atoms with van der Waals surface area (Å²) in [5, 5.41) is 0. The van der Waals surface area contributed by atoms with Crippen molar-refractivity contribution in [2.24, 2.45) is 0 Å². The number of amides is 1. The predicted molar refractivity (Wildman–Crippen MR) is 86.4 cm³/mol. The number of ether oxygens (including phenoxy) is 1. The summed E-state index contributed by atoms with van der Waals surface area (Å²) in [6, 6.07) is 5.75. The van der Waals surface area contributed by atoms with Crippen molar-refractivity contribution in [2.75, 3.05) is 13.7 Å². The second kappa shape index (κ2) is 8.30. The molecule has 1 atom stereocenters. The third-order valence-electron chi connectivity index (χ3n) is 3.54. The quantitative estimate of drug-likeness (QED) is 0.730. The Balaban J connectivity index is 2.96. The molecule has 1 aromatic carbocycles. The van der Waals surface area contributed by atoms with Crippen LogP contribution < -0.4 is 4.74 Å². The minimum atomic E-state index is 0.0937. The van der Waals surface area contributed by atoms with Crippen LogP contribution >= 0.6 is 15.9 Å². The van der Waals surface area contributed by atoms with Gasteiger partial charge in [0.05, 0.1) is 11.6 Å². The number of benzene rings is 1. The smallest absolute Gasteiger partial charge is 0.254 e. The highest BCUT2D eigenvalue weighted by Gasteiger charge is 2.20. The molecule has 4 heteroatoms. The minimum Gasteiger partial charge on any atom is -0.496 e. The van der Waals surface area contributed by atoms with Crippen molar-refractivity contribution >= 4 is 21.8 Å². The average Bonchev–Trinajstić information content (AvgIpc) is 2.46. The molecular weight excluding hydrogens is 318 g/mol. The SMILES string of the molecule is CCCCN(C(=O)c1ccc(OC)c(Br)c1)C(C)CC. The van der Waals surface area contributed by atoms with Crippen LogP contribution in [0.25, 0.3) is 0 Å². The maximum absolute atomic E-state index is 12.7. The van der Waals surface area contributed by atoms with Crippen molar-refractivity contribution in [1.29, 1.82) is 0 Å². The molecule has 112 valence electrons. The molecular formula is C16H24BrNO2. The van der Waals surface area contributed by atoms with E-state index in [4.69, 9.17) is 4.74 Å². The van der Waals surface area contributed by atoms with E-state index in [9.17, 15) is 4.79 Å². The average molecular weight is 342 g/mol. The van der Waals surface area contributed by atoms with Gasteiger partial charge in [-0.2, -0.15) is 0 Å². The minimum absolute atomic E-state index is 0.0937. The van der Waals surface area contributed by atoms with Crippen LogP contribution in [0.2, 0.25) is 0 Å². The number of methoxy groups -OCH3 is 1. The van der Waals surface area contributed by atoms with E-state index in [1.54, 1.807) is 7.11 Å². The molecule has 0 saturated carbocycles. The number of nitrogens with zero attached hydrogens (tertiary/aromatic N) is 1. The summed E-state index contributed by atoms with van der Waals surface area (Å²) < 4.78 is 6.01. The van der Waals surface area contributed by atoms with Crippen molar-refractivity contribution in [2.45, 2.75) is 46.1 Å². The predicted octanol–water partition coefficient (Wildman–Crippen LogP) is 4.50. The van der Waals surface area contributed by atoms with Gasteiger partial charge >= 0.3 is 0 Å². The Labute approximate surface area is 130 Å². The normalized spacial score (nSPS) is 12.1. The van der Waals surface area contributed by atoms with E-state index in [2.05, 4.69) is 36.7 Å². The Bertz CT molecular complexity index is 448. The largest absolute Gasteiger partial charge is 0.496 e. The number of rotatable bonds is 7. The Morgan fingerprint density at radius 2 is 2.10 bits per heavy atom. The number of unbranched alkanes of at least 4 members (excludes halogenated alkanes) is 1. The standard InChI is InChI=1S/C16H24BrNO2/c1-5-7-10-18(12(3)6-2)16(19)13-8-9-15(20-4)14(17)11-13/h8-9,11-12H,5-7,10H2,1-4H3. The zero-order valence-corrected chi connectivity index (χ0v) is 14.4. The lowest BCUT2D eigenvalue weighted by Crippen LogP contribution is -2.39. The molecule has 3 nitrogen and oxygen atoms in total. The van der Waals surface area contributed by atoms with Crippen LogP contribution in [0.4, 0.5) is 0 Å². The number of carbonyl (C=O) groups excluding carboxylic acids is 1. The third kappa shape index (κ3) is 4.23. The van der Waals surface area contributed by atoms with Gasteiger partial charge in [-0.1, -0.05) is 20.3 Å². The molecule has 0 aliphatic carbocycles. The van der Waals surface area contributed by atoms with Crippen LogP contribution in [0.5, 0.6) is 5.75 Å². The molecule has 1 amide bonds. The van der Waals surface area contributed by atoms with Gasteiger partial charge in [-0.25, -0.2) is 0 Å². The van der Waals surface area contributed by atoms with Gasteiger partial charge in [-0.05, 0) is 53.9 Å². The van der Waals surface area contributed by atoms with E-state index in [1.807, 2.05) is 23.1 Å². The van der Waals surface area contributed by atoms with Crippen LogP contribution in [0.1, 0.15) is 50.4 Å². The number of carbonyl (C=O) groups is 1. The lowest BCUT2D eigenvalue weighted by atomic mass is 10.1. The highest BCUT2D eigenvalue weighted by atomic mass is 79.9. The molecule has 1 rings (SSSR count). The van der Waals surface area contributed by atoms with Crippen molar-refractivity contribution in [1.82, 2.24) is 4.90 Å². The summed E-state index contributed by atoms with van der Waals surface area (Å²) in [6.45, 7) is 7.17. The first-order chi connectivity index (χ1) is 9.54. The molecule has 0 heterocycles. The maximum Gasteiger partial charge on any atom is 0.254 e. The zero-order chi connectivity index (χ0) is 15.1. The van der Waals surface area contributed by atoms with Gasteiger partial charge in [-0.15, -0.1) is 0 Å². The highest BCUT2D eigenvalue weighted by Crippen LogP contribution is 2.26. The fourth-order valence-electron chi connectivity index (χ4n) is 2.04. The van der Waals surface area contributed by atoms with E-state index in [0.717, 1.165) is 36.0 Å². The fourth-order valence-corrected chi connectivity index (χ4v) is 2.58. The van der Waals surface area contributed by atoms with Crippen LogP contribution in [0.15, 0.2) is 22.7 Å². The van der Waals surface area contributed by atoms with Crippen LogP contribution in [0.3, 0.4) is 0 Å². The molecule has 20 heavy (non-hydrogen) atoms. The molecule has 1 unspecified atom stereocenters. The number of hydrogen-bond acceptors (Lipinski definition) is 2. The van der Waals surface area contributed by atoms with E-state index in [-0.39, 0.29) is 11.9 Å². The number of hydrogen-bond donors (Lipinski definition) is 0. The van der Waals surface area contributed by atoms with Gasteiger partial charge in [0.1, 0.15) is 5.75 Å². The third-order valence-corrected chi connectivity index (χ3v) is 4.15. The first-order valence-electron chi connectivity index (χ1n) is 7.19. The second-order valence-electron chi connectivity index (χ2n) is 4.96. The van der Waals surface area contributed by atoms with Crippen molar-refractivity contribution in [3.05, 3.63) is 28.2 Å². The van der Waals surface area contributed by atoms with Crippen molar-refractivity contribution in [3.8, 4) is 5.75 Å². The van der Waals surface area contributed by atoms with Gasteiger partial charge in [0.2, 0.25) is 0 Å². The molecule has 0 aromatic heterocycles. The molecule has 0 aliphatic rings. The van der Waals surface area contributed by atoms with Gasteiger partial charge in [-0.3, -0.25) is 4.79 Å². The lowest BCUT2D eigenvalue weighted by Gasteiger charge is -2.29.